The minimum atomic E-state index is 0.575. The number of aliphatic imine (C=N–C) groups is 1. The van der Waals surface area contributed by atoms with E-state index >= 15 is 0 Å². The Morgan fingerprint density at radius 3 is 2.73 bits per heavy atom. The van der Waals surface area contributed by atoms with Crippen molar-refractivity contribution in [3.63, 3.8) is 0 Å². The van der Waals surface area contributed by atoms with Gasteiger partial charge < -0.3 is 15.8 Å². The smallest absolute Gasteiger partial charge is 0.188 e. The summed E-state index contributed by atoms with van der Waals surface area (Å²) in [6, 6.07) is 8.31. The second-order valence-electron chi connectivity index (χ2n) is 6.05. The van der Waals surface area contributed by atoms with Crippen LogP contribution in [0.1, 0.15) is 44.6 Å². The molecule has 4 nitrogen and oxygen atoms in total. The summed E-state index contributed by atoms with van der Waals surface area (Å²) in [6.45, 7) is 4.66. The molecule has 3 N–H and O–H groups in total. The van der Waals surface area contributed by atoms with Gasteiger partial charge in [0.25, 0.3) is 0 Å². The molecule has 0 aromatic heterocycles. The van der Waals surface area contributed by atoms with Gasteiger partial charge in [0.05, 0.1) is 6.61 Å². The Bertz CT molecular complexity index is 452. The first kappa shape index (κ1) is 16.7. The maximum absolute atomic E-state index is 5.88. The van der Waals surface area contributed by atoms with Gasteiger partial charge in [-0.15, -0.1) is 0 Å². The van der Waals surface area contributed by atoms with Crippen molar-refractivity contribution in [3.8, 4) is 5.75 Å². The predicted octanol–water partition coefficient (Wildman–Crippen LogP) is 3.11. The number of hydrogen-bond acceptors (Lipinski definition) is 2. The Morgan fingerprint density at radius 1 is 1.32 bits per heavy atom. The highest BCUT2D eigenvalue weighted by atomic mass is 16.5. The monoisotopic (exact) mass is 303 g/mol. The third-order valence-corrected chi connectivity index (χ3v) is 4.15. The second kappa shape index (κ2) is 9.34. The van der Waals surface area contributed by atoms with Gasteiger partial charge >= 0.3 is 0 Å². The van der Waals surface area contributed by atoms with E-state index in [1.165, 1.54) is 24.8 Å². The van der Waals surface area contributed by atoms with Crippen LogP contribution in [0.2, 0.25) is 0 Å². The number of ether oxygens (including phenoxy) is 1. The zero-order valence-corrected chi connectivity index (χ0v) is 13.7. The molecule has 122 valence electrons. The zero-order chi connectivity index (χ0) is 15.6. The first-order valence-electron chi connectivity index (χ1n) is 8.53. The van der Waals surface area contributed by atoms with E-state index in [1.807, 2.05) is 12.1 Å². The first-order chi connectivity index (χ1) is 10.8. The van der Waals surface area contributed by atoms with Crippen molar-refractivity contribution in [1.29, 1.82) is 0 Å². The normalized spacial score (nSPS) is 15.4. The van der Waals surface area contributed by atoms with Crippen LogP contribution < -0.4 is 15.8 Å². The van der Waals surface area contributed by atoms with Crippen molar-refractivity contribution < 1.29 is 4.74 Å². The van der Waals surface area contributed by atoms with Crippen molar-refractivity contribution >= 4 is 5.96 Å². The number of nitrogens with one attached hydrogen (secondary N) is 1. The Labute approximate surface area is 134 Å². The molecule has 22 heavy (non-hydrogen) atoms. The van der Waals surface area contributed by atoms with Crippen molar-refractivity contribution in [2.45, 2.75) is 45.4 Å². The summed E-state index contributed by atoms with van der Waals surface area (Å²) in [4.78, 5) is 4.40. The molecule has 1 saturated carbocycles. The second-order valence-corrected chi connectivity index (χ2v) is 6.05. The molecule has 1 aromatic rings. The molecule has 0 unspecified atom stereocenters. The molecule has 4 heteroatoms. The van der Waals surface area contributed by atoms with E-state index in [9.17, 15) is 0 Å². The van der Waals surface area contributed by atoms with Crippen LogP contribution in [0.3, 0.4) is 0 Å². The van der Waals surface area contributed by atoms with Crippen LogP contribution in [-0.4, -0.2) is 25.7 Å². The van der Waals surface area contributed by atoms with Gasteiger partial charge in [0.1, 0.15) is 5.75 Å². The van der Waals surface area contributed by atoms with Crippen molar-refractivity contribution in [2.75, 3.05) is 19.7 Å². The highest BCUT2D eigenvalue weighted by Gasteiger charge is 2.16. The quantitative estimate of drug-likeness (QED) is 0.418. The minimum Gasteiger partial charge on any atom is -0.494 e. The molecule has 0 amide bonds. The standard InChI is InChI=1S/C18H29N3O/c1-2-3-13-22-17-9-7-15(8-10-17)11-12-20-18(19)21-14-16-5-4-6-16/h7-10,16H,2-6,11-14H2,1H3,(H3,19,20,21). The molecule has 0 saturated heterocycles. The number of guanidine groups is 1. The molecule has 0 bridgehead atoms. The molecule has 2 rings (SSSR count). The van der Waals surface area contributed by atoms with Crippen molar-refractivity contribution in [3.05, 3.63) is 29.8 Å². The molecular weight excluding hydrogens is 274 g/mol. The van der Waals surface area contributed by atoms with Gasteiger partial charge in [-0.1, -0.05) is 31.9 Å². The van der Waals surface area contributed by atoms with Gasteiger partial charge in [-0.3, -0.25) is 4.99 Å². The van der Waals surface area contributed by atoms with E-state index in [0.29, 0.717) is 5.96 Å². The lowest BCUT2D eigenvalue weighted by molar-refractivity contribution is 0.309. The molecule has 0 heterocycles. The van der Waals surface area contributed by atoms with Crippen molar-refractivity contribution in [2.24, 2.45) is 16.6 Å². The minimum absolute atomic E-state index is 0.575. The molecule has 0 spiro atoms. The zero-order valence-electron chi connectivity index (χ0n) is 13.7. The Hall–Kier alpha value is -1.71. The Kier molecular flexibility index (Phi) is 7.07. The maximum Gasteiger partial charge on any atom is 0.188 e. The fourth-order valence-corrected chi connectivity index (χ4v) is 2.38. The summed E-state index contributed by atoms with van der Waals surface area (Å²) in [7, 11) is 0. The molecule has 0 atom stereocenters. The van der Waals surface area contributed by atoms with Gasteiger partial charge in [-0.2, -0.15) is 0 Å². The molecule has 0 aliphatic heterocycles. The van der Waals surface area contributed by atoms with E-state index in [4.69, 9.17) is 10.5 Å². The van der Waals surface area contributed by atoms with Gasteiger partial charge in [0, 0.05) is 13.1 Å². The topological polar surface area (TPSA) is 59.6 Å². The average Bonchev–Trinajstić information content (AvgIpc) is 2.47. The van der Waals surface area contributed by atoms with E-state index in [1.54, 1.807) is 0 Å². The number of unbranched alkanes of at least 4 members (excludes halogenated alkanes) is 1. The molecular formula is C18H29N3O. The van der Waals surface area contributed by atoms with E-state index < -0.39 is 0 Å². The predicted molar refractivity (Wildman–Crippen MR) is 92.4 cm³/mol. The number of nitrogens with zero attached hydrogens (tertiary/aromatic N) is 1. The summed E-state index contributed by atoms with van der Waals surface area (Å²) in [5.74, 6) is 2.29. The fraction of sp³-hybridized carbons (Fsp3) is 0.611. The lowest BCUT2D eigenvalue weighted by atomic mass is 9.86. The van der Waals surface area contributed by atoms with Crippen LogP contribution in [0.15, 0.2) is 29.3 Å². The van der Waals surface area contributed by atoms with E-state index in [-0.39, 0.29) is 0 Å². The molecule has 0 radical (unpaired) electrons. The van der Waals surface area contributed by atoms with Crippen LogP contribution in [0.4, 0.5) is 0 Å². The van der Waals surface area contributed by atoms with Gasteiger partial charge in [-0.25, -0.2) is 0 Å². The van der Waals surface area contributed by atoms with Gasteiger partial charge in [0.2, 0.25) is 0 Å². The third kappa shape index (κ3) is 5.96. The maximum atomic E-state index is 5.88. The van der Waals surface area contributed by atoms with Crippen LogP contribution in [0.25, 0.3) is 0 Å². The molecule has 1 fully saturated rings. The number of rotatable bonds is 9. The number of benzene rings is 1. The Morgan fingerprint density at radius 2 is 2.09 bits per heavy atom. The highest BCUT2D eigenvalue weighted by Crippen LogP contribution is 2.26. The van der Waals surface area contributed by atoms with Crippen LogP contribution in [0, 0.1) is 5.92 Å². The Balaban J connectivity index is 1.63. The molecule has 1 aromatic carbocycles. The number of hydrogen-bond donors (Lipinski definition) is 2. The summed E-state index contributed by atoms with van der Waals surface area (Å²) < 4.78 is 5.66. The summed E-state index contributed by atoms with van der Waals surface area (Å²) in [6.07, 6.45) is 7.17. The summed E-state index contributed by atoms with van der Waals surface area (Å²) in [5.41, 5.74) is 7.16. The van der Waals surface area contributed by atoms with Crippen LogP contribution >= 0.6 is 0 Å². The van der Waals surface area contributed by atoms with Crippen LogP contribution in [0.5, 0.6) is 5.75 Å². The average molecular weight is 303 g/mol. The highest BCUT2D eigenvalue weighted by molar-refractivity contribution is 5.77. The lowest BCUT2D eigenvalue weighted by Crippen LogP contribution is -2.34. The first-order valence-corrected chi connectivity index (χ1v) is 8.53. The van der Waals surface area contributed by atoms with E-state index in [0.717, 1.165) is 50.6 Å². The number of nitrogens with two attached hydrogens (primary N) is 1. The SMILES string of the molecule is CCCCOc1ccc(CCNC(N)=NCC2CCC2)cc1. The largest absolute Gasteiger partial charge is 0.494 e. The summed E-state index contributed by atoms with van der Waals surface area (Å²) >= 11 is 0. The van der Waals surface area contributed by atoms with E-state index in [2.05, 4.69) is 29.4 Å². The van der Waals surface area contributed by atoms with Crippen LogP contribution in [-0.2, 0) is 6.42 Å². The molecule has 1 aliphatic rings. The van der Waals surface area contributed by atoms with Gasteiger partial charge in [-0.05, 0) is 49.3 Å². The lowest BCUT2D eigenvalue weighted by Gasteiger charge is -2.23. The third-order valence-electron chi connectivity index (χ3n) is 4.15. The molecule has 1 aliphatic carbocycles. The van der Waals surface area contributed by atoms with Crippen molar-refractivity contribution in [1.82, 2.24) is 5.32 Å². The fourth-order valence-electron chi connectivity index (χ4n) is 2.38. The summed E-state index contributed by atoms with van der Waals surface area (Å²) in [5, 5.41) is 3.19. The van der Waals surface area contributed by atoms with Gasteiger partial charge in [0.15, 0.2) is 5.96 Å².